The standard InChI is InChI=1S/C4H10O.C2H4Cl2.H2O/c1-2-3-4-5;3-1-2-4;/h5H,2-4H2,1H3;1-2H2;1H2. The SMILES string of the molecule is CCCCO.ClCCCl.O. The molecule has 0 rings (SSSR count). The highest BCUT2D eigenvalue weighted by Crippen LogP contribution is 1.78. The zero-order valence-corrected chi connectivity index (χ0v) is 7.75. The molecule has 0 aliphatic heterocycles. The molecular formula is C6H16Cl2O2. The molecule has 0 saturated heterocycles. The fourth-order valence-electron chi connectivity index (χ4n) is 0.158. The van der Waals surface area contributed by atoms with Gasteiger partial charge in [0.15, 0.2) is 0 Å². The van der Waals surface area contributed by atoms with Crippen molar-refractivity contribution in [3.8, 4) is 0 Å². The molecule has 0 aromatic heterocycles. The number of halogens is 2. The van der Waals surface area contributed by atoms with E-state index in [9.17, 15) is 0 Å². The Hall–Kier alpha value is 0.500. The minimum atomic E-state index is 0. The van der Waals surface area contributed by atoms with E-state index in [0.29, 0.717) is 18.4 Å². The predicted octanol–water partition coefficient (Wildman–Crippen LogP) is 1.42. The number of rotatable bonds is 3. The van der Waals surface area contributed by atoms with Crippen molar-refractivity contribution < 1.29 is 10.6 Å². The molecule has 2 nitrogen and oxygen atoms in total. The van der Waals surface area contributed by atoms with Crippen LogP contribution in [-0.4, -0.2) is 28.9 Å². The zero-order chi connectivity index (χ0) is 7.54. The highest BCUT2D eigenvalue weighted by molar-refractivity contribution is 6.25. The van der Waals surface area contributed by atoms with Crippen LogP contribution in [0.1, 0.15) is 19.8 Å². The second-order valence-corrected chi connectivity index (χ2v) is 2.21. The molecule has 0 radical (unpaired) electrons. The molecule has 0 atom stereocenters. The van der Waals surface area contributed by atoms with E-state index in [-0.39, 0.29) is 5.48 Å². The summed E-state index contributed by atoms with van der Waals surface area (Å²) >= 11 is 10.1. The first-order valence-electron chi connectivity index (χ1n) is 3.06. The molecule has 0 fully saturated rings. The van der Waals surface area contributed by atoms with E-state index in [4.69, 9.17) is 28.3 Å². The molecule has 0 spiro atoms. The monoisotopic (exact) mass is 190 g/mol. The van der Waals surface area contributed by atoms with Gasteiger partial charge in [-0.3, -0.25) is 0 Å². The summed E-state index contributed by atoms with van der Waals surface area (Å²) in [5.41, 5.74) is 0. The Morgan fingerprint density at radius 2 is 1.60 bits per heavy atom. The number of hydrogen-bond acceptors (Lipinski definition) is 1. The number of hydrogen-bond donors (Lipinski definition) is 1. The Balaban J connectivity index is -0.0000000910. The van der Waals surface area contributed by atoms with Crippen molar-refractivity contribution in [1.29, 1.82) is 0 Å². The quantitative estimate of drug-likeness (QED) is 0.673. The molecule has 3 N–H and O–H groups in total. The Morgan fingerprint density at radius 3 is 1.60 bits per heavy atom. The molecule has 0 aliphatic rings. The minimum Gasteiger partial charge on any atom is -0.412 e. The second-order valence-electron chi connectivity index (χ2n) is 1.46. The van der Waals surface area contributed by atoms with E-state index in [1.165, 1.54) is 0 Å². The number of aliphatic hydroxyl groups is 1. The van der Waals surface area contributed by atoms with Gasteiger partial charge in [-0.2, -0.15) is 0 Å². The summed E-state index contributed by atoms with van der Waals surface area (Å²) in [6.07, 6.45) is 2.04. The zero-order valence-electron chi connectivity index (χ0n) is 6.24. The maximum absolute atomic E-state index is 8.07. The van der Waals surface area contributed by atoms with Gasteiger partial charge < -0.3 is 10.6 Å². The van der Waals surface area contributed by atoms with Crippen molar-refractivity contribution in [3.05, 3.63) is 0 Å². The van der Waals surface area contributed by atoms with Gasteiger partial charge in [-0.05, 0) is 6.42 Å². The van der Waals surface area contributed by atoms with Crippen LogP contribution in [0.5, 0.6) is 0 Å². The molecule has 0 saturated carbocycles. The Bertz CT molecular complexity index is 32.9. The van der Waals surface area contributed by atoms with Gasteiger partial charge in [0, 0.05) is 18.4 Å². The van der Waals surface area contributed by atoms with Crippen molar-refractivity contribution in [2.45, 2.75) is 19.8 Å². The van der Waals surface area contributed by atoms with E-state index in [0.717, 1.165) is 12.8 Å². The van der Waals surface area contributed by atoms with Gasteiger partial charge in [0.2, 0.25) is 0 Å². The first-order chi connectivity index (χ1) is 4.33. The van der Waals surface area contributed by atoms with Gasteiger partial charge in [-0.1, -0.05) is 13.3 Å². The number of aliphatic hydroxyl groups excluding tert-OH is 1. The maximum Gasteiger partial charge on any atom is 0.0430 e. The van der Waals surface area contributed by atoms with Crippen LogP contribution in [0.4, 0.5) is 0 Å². The average molecular weight is 191 g/mol. The fraction of sp³-hybridized carbons (Fsp3) is 1.00. The molecule has 66 valence electrons. The Kier molecular flexibility index (Phi) is 38.2. The van der Waals surface area contributed by atoms with Crippen molar-refractivity contribution in [2.24, 2.45) is 0 Å². The van der Waals surface area contributed by atoms with Gasteiger partial charge in [-0.15, -0.1) is 23.2 Å². The first-order valence-corrected chi connectivity index (χ1v) is 4.13. The molecule has 0 aliphatic carbocycles. The third kappa shape index (κ3) is 39.0. The van der Waals surface area contributed by atoms with Crippen LogP contribution in [0.3, 0.4) is 0 Å². The van der Waals surface area contributed by atoms with Crippen LogP contribution < -0.4 is 0 Å². The van der Waals surface area contributed by atoms with Crippen LogP contribution in [0.15, 0.2) is 0 Å². The third-order valence-electron chi connectivity index (χ3n) is 0.583. The molecule has 0 aromatic carbocycles. The van der Waals surface area contributed by atoms with Crippen molar-refractivity contribution in [2.75, 3.05) is 18.4 Å². The molecule has 0 aromatic rings. The summed E-state index contributed by atoms with van der Waals surface area (Å²) in [4.78, 5) is 0. The van der Waals surface area contributed by atoms with E-state index in [1.54, 1.807) is 0 Å². The number of alkyl halides is 2. The molecule has 0 unspecified atom stereocenters. The molecule has 0 amide bonds. The van der Waals surface area contributed by atoms with E-state index in [2.05, 4.69) is 6.92 Å². The van der Waals surface area contributed by atoms with Crippen LogP contribution in [-0.2, 0) is 0 Å². The van der Waals surface area contributed by atoms with Crippen LogP contribution in [0.2, 0.25) is 0 Å². The van der Waals surface area contributed by atoms with Gasteiger partial charge in [0.1, 0.15) is 0 Å². The topological polar surface area (TPSA) is 51.7 Å². The lowest BCUT2D eigenvalue weighted by Crippen LogP contribution is -1.75. The predicted molar refractivity (Wildman–Crippen MR) is 47.0 cm³/mol. The Labute approximate surface area is 72.5 Å². The fourth-order valence-corrected chi connectivity index (χ4v) is 0.158. The summed E-state index contributed by atoms with van der Waals surface area (Å²) in [5, 5.41) is 8.07. The van der Waals surface area contributed by atoms with Crippen molar-refractivity contribution >= 4 is 23.2 Å². The molecular weight excluding hydrogens is 175 g/mol. The summed E-state index contributed by atoms with van der Waals surface area (Å²) in [5.74, 6) is 1.11. The normalized spacial score (nSPS) is 7.20. The summed E-state index contributed by atoms with van der Waals surface area (Å²) in [6, 6.07) is 0. The maximum atomic E-state index is 8.07. The Morgan fingerprint density at radius 1 is 1.20 bits per heavy atom. The van der Waals surface area contributed by atoms with Crippen molar-refractivity contribution in [1.82, 2.24) is 0 Å². The highest BCUT2D eigenvalue weighted by Gasteiger charge is 1.69. The largest absolute Gasteiger partial charge is 0.412 e. The van der Waals surface area contributed by atoms with Crippen molar-refractivity contribution in [3.63, 3.8) is 0 Å². The second kappa shape index (κ2) is 22.7. The lowest BCUT2D eigenvalue weighted by Gasteiger charge is -1.79. The third-order valence-corrected chi connectivity index (χ3v) is 1.15. The lowest BCUT2D eigenvalue weighted by atomic mass is 10.4. The van der Waals surface area contributed by atoms with Gasteiger partial charge in [0.05, 0.1) is 0 Å². The molecule has 10 heavy (non-hydrogen) atoms. The number of unbranched alkanes of at least 4 members (excludes halogenated alkanes) is 1. The van der Waals surface area contributed by atoms with Gasteiger partial charge >= 0.3 is 0 Å². The molecule has 4 heteroatoms. The lowest BCUT2D eigenvalue weighted by molar-refractivity contribution is 0.287. The van der Waals surface area contributed by atoms with Gasteiger partial charge in [0.25, 0.3) is 0 Å². The van der Waals surface area contributed by atoms with Crippen LogP contribution >= 0.6 is 23.2 Å². The highest BCUT2D eigenvalue weighted by atomic mass is 35.5. The average Bonchev–Trinajstić information content (AvgIpc) is 1.91. The van der Waals surface area contributed by atoms with E-state index < -0.39 is 0 Å². The molecule has 0 bridgehead atoms. The summed E-state index contributed by atoms with van der Waals surface area (Å²) < 4.78 is 0. The van der Waals surface area contributed by atoms with Gasteiger partial charge in [-0.25, -0.2) is 0 Å². The van der Waals surface area contributed by atoms with Crippen LogP contribution in [0, 0.1) is 0 Å². The summed E-state index contributed by atoms with van der Waals surface area (Å²) in [7, 11) is 0. The van der Waals surface area contributed by atoms with E-state index >= 15 is 0 Å². The van der Waals surface area contributed by atoms with E-state index in [1.807, 2.05) is 0 Å². The summed E-state index contributed by atoms with van der Waals surface area (Å²) in [6.45, 7) is 2.40. The minimum absolute atomic E-state index is 0. The molecule has 0 heterocycles. The van der Waals surface area contributed by atoms with Crippen LogP contribution in [0.25, 0.3) is 0 Å². The first kappa shape index (κ1) is 16.8. The smallest absolute Gasteiger partial charge is 0.0430 e.